The highest BCUT2D eigenvalue weighted by molar-refractivity contribution is 9.10. The smallest absolute Gasteiger partial charge is 0.211 e. The molecule has 0 bridgehead atoms. The molecule has 0 saturated heterocycles. The van der Waals surface area contributed by atoms with Crippen LogP contribution in [-0.4, -0.2) is 10.8 Å². The van der Waals surface area contributed by atoms with Crippen LogP contribution in [-0.2, 0) is 0 Å². The van der Waals surface area contributed by atoms with Gasteiger partial charge < -0.3 is 0 Å². The van der Waals surface area contributed by atoms with Gasteiger partial charge in [-0.05, 0) is 58.7 Å². The molecule has 0 radical (unpaired) electrons. The van der Waals surface area contributed by atoms with Gasteiger partial charge in [-0.3, -0.25) is 9.78 Å². The van der Waals surface area contributed by atoms with E-state index in [0.717, 1.165) is 4.47 Å². The summed E-state index contributed by atoms with van der Waals surface area (Å²) in [5, 5.41) is 0. The molecule has 86 valence electrons. The molecule has 1 heterocycles. The van der Waals surface area contributed by atoms with Crippen molar-refractivity contribution >= 4 is 21.7 Å². The van der Waals surface area contributed by atoms with Gasteiger partial charge in [0.1, 0.15) is 11.5 Å². The summed E-state index contributed by atoms with van der Waals surface area (Å²) in [6, 6.07) is 7.48. The maximum Gasteiger partial charge on any atom is 0.211 e. The lowest BCUT2D eigenvalue weighted by molar-refractivity contribution is 0.103. The average Bonchev–Trinajstić information content (AvgIpc) is 2.29. The van der Waals surface area contributed by atoms with E-state index in [1.54, 1.807) is 25.3 Å². The Kier molecular flexibility index (Phi) is 3.33. The third kappa shape index (κ3) is 2.58. The summed E-state index contributed by atoms with van der Waals surface area (Å²) in [6.45, 7) is 1.70. The van der Waals surface area contributed by atoms with Crippen molar-refractivity contribution in [1.29, 1.82) is 0 Å². The van der Waals surface area contributed by atoms with Crippen molar-refractivity contribution in [2.75, 3.05) is 0 Å². The molecule has 4 heteroatoms. The van der Waals surface area contributed by atoms with E-state index in [1.165, 1.54) is 18.2 Å². The highest BCUT2D eigenvalue weighted by Crippen LogP contribution is 2.15. The Morgan fingerprint density at radius 1 is 1.29 bits per heavy atom. The van der Waals surface area contributed by atoms with Crippen molar-refractivity contribution in [2.24, 2.45) is 0 Å². The molecule has 2 rings (SSSR count). The number of carbonyl (C=O) groups is 1. The molecule has 0 fully saturated rings. The third-order valence-electron chi connectivity index (χ3n) is 2.39. The summed E-state index contributed by atoms with van der Waals surface area (Å²) in [5.74, 6) is -0.544. The number of aryl methyl sites for hydroxylation is 1. The summed E-state index contributed by atoms with van der Waals surface area (Å²) in [4.78, 5) is 16.1. The summed E-state index contributed by atoms with van der Waals surface area (Å²) in [7, 11) is 0. The molecule has 0 amide bonds. The highest BCUT2D eigenvalue weighted by Gasteiger charge is 2.13. The predicted octanol–water partition coefficient (Wildman–Crippen LogP) is 3.52. The molecule has 0 aliphatic carbocycles. The molecule has 0 saturated carbocycles. The van der Waals surface area contributed by atoms with Gasteiger partial charge in [0.25, 0.3) is 0 Å². The lowest BCUT2D eigenvalue weighted by atomic mass is 10.0. The third-order valence-corrected chi connectivity index (χ3v) is 2.86. The second-order valence-corrected chi connectivity index (χ2v) is 4.57. The van der Waals surface area contributed by atoms with Crippen LogP contribution < -0.4 is 0 Å². The van der Waals surface area contributed by atoms with Crippen LogP contribution in [0.25, 0.3) is 0 Å². The van der Waals surface area contributed by atoms with Crippen molar-refractivity contribution in [3.63, 3.8) is 0 Å². The van der Waals surface area contributed by atoms with Crippen molar-refractivity contribution in [2.45, 2.75) is 6.92 Å². The molecule has 2 nitrogen and oxygen atoms in total. The van der Waals surface area contributed by atoms with Crippen LogP contribution in [0.3, 0.4) is 0 Å². The largest absolute Gasteiger partial charge is 0.287 e. The van der Waals surface area contributed by atoms with Crippen LogP contribution in [0.4, 0.5) is 4.39 Å². The minimum Gasteiger partial charge on any atom is -0.287 e. The van der Waals surface area contributed by atoms with E-state index in [4.69, 9.17) is 0 Å². The Hall–Kier alpha value is -1.55. The SMILES string of the molecule is Cc1cc(F)ccc1C(=O)c1ccc(Br)cn1. The van der Waals surface area contributed by atoms with E-state index in [9.17, 15) is 9.18 Å². The molecule has 2 aromatic rings. The van der Waals surface area contributed by atoms with E-state index in [2.05, 4.69) is 20.9 Å². The van der Waals surface area contributed by atoms with E-state index < -0.39 is 0 Å². The minimum atomic E-state index is -0.345. The van der Waals surface area contributed by atoms with Gasteiger partial charge in [-0.2, -0.15) is 0 Å². The van der Waals surface area contributed by atoms with Crippen LogP contribution in [0.1, 0.15) is 21.6 Å². The molecule has 0 aliphatic heterocycles. The highest BCUT2D eigenvalue weighted by atomic mass is 79.9. The lowest BCUT2D eigenvalue weighted by Gasteiger charge is -2.04. The average molecular weight is 294 g/mol. The molecule has 1 aromatic carbocycles. The predicted molar refractivity (Wildman–Crippen MR) is 66.5 cm³/mol. The van der Waals surface area contributed by atoms with E-state index >= 15 is 0 Å². The molecule has 1 aromatic heterocycles. The summed E-state index contributed by atoms with van der Waals surface area (Å²) in [6.07, 6.45) is 1.56. The topological polar surface area (TPSA) is 30.0 Å². The molecule has 0 aliphatic rings. The first-order valence-corrected chi connectivity index (χ1v) is 5.79. The van der Waals surface area contributed by atoms with Gasteiger partial charge >= 0.3 is 0 Å². The summed E-state index contributed by atoms with van der Waals surface area (Å²) >= 11 is 3.25. The van der Waals surface area contributed by atoms with Crippen LogP contribution in [0.15, 0.2) is 41.0 Å². The zero-order chi connectivity index (χ0) is 12.4. The number of rotatable bonds is 2. The normalized spacial score (nSPS) is 10.3. The fourth-order valence-corrected chi connectivity index (χ4v) is 1.76. The number of halogens is 2. The zero-order valence-electron chi connectivity index (χ0n) is 9.08. The number of carbonyl (C=O) groups excluding carboxylic acids is 1. The van der Waals surface area contributed by atoms with Gasteiger partial charge in [-0.25, -0.2) is 4.39 Å². The van der Waals surface area contributed by atoms with E-state index in [0.29, 0.717) is 16.8 Å². The molecule has 0 unspecified atom stereocenters. The maximum absolute atomic E-state index is 12.9. The van der Waals surface area contributed by atoms with E-state index in [1.807, 2.05) is 0 Å². The van der Waals surface area contributed by atoms with Gasteiger partial charge in [-0.15, -0.1) is 0 Å². The number of benzene rings is 1. The fourth-order valence-electron chi connectivity index (χ4n) is 1.53. The monoisotopic (exact) mass is 293 g/mol. The van der Waals surface area contributed by atoms with Gasteiger partial charge in [0.05, 0.1) is 0 Å². The van der Waals surface area contributed by atoms with Crippen molar-refractivity contribution in [3.05, 3.63) is 63.6 Å². The maximum atomic E-state index is 12.9. The van der Waals surface area contributed by atoms with Gasteiger partial charge in [-0.1, -0.05) is 0 Å². The quantitative estimate of drug-likeness (QED) is 0.793. The molecule has 17 heavy (non-hydrogen) atoms. The summed E-state index contributed by atoms with van der Waals surface area (Å²) in [5.41, 5.74) is 1.43. The molecular formula is C13H9BrFNO. The van der Waals surface area contributed by atoms with Crippen LogP contribution >= 0.6 is 15.9 Å². The number of nitrogens with zero attached hydrogens (tertiary/aromatic N) is 1. The second-order valence-electron chi connectivity index (χ2n) is 3.65. The van der Waals surface area contributed by atoms with Gasteiger partial charge in [0, 0.05) is 16.2 Å². The molecular weight excluding hydrogens is 285 g/mol. The zero-order valence-corrected chi connectivity index (χ0v) is 10.7. The first-order chi connectivity index (χ1) is 8.08. The van der Waals surface area contributed by atoms with E-state index in [-0.39, 0.29) is 11.6 Å². The fraction of sp³-hybridized carbons (Fsp3) is 0.0769. The Labute approximate surface area is 107 Å². The first kappa shape index (κ1) is 11.9. The Balaban J connectivity index is 2.40. The number of hydrogen-bond acceptors (Lipinski definition) is 2. The van der Waals surface area contributed by atoms with Gasteiger partial charge in [0.2, 0.25) is 5.78 Å². The minimum absolute atomic E-state index is 0.199. The van der Waals surface area contributed by atoms with Crippen LogP contribution in [0.5, 0.6) is 0 Å². The van der Waals surface area contributed by atoms with Crippen molar-refractivity contribution in [1.82, 2.24) is 4.98 Å². The standard InChI is InChI=1S/C13H9BrFNO/c1-8-6-10(15)3-4-11(8)13(17)12-5-2-9(14)7-16-12/h2-7H,1H3. The molecule has 0 N–H and O–H groups in total. The first-order valence-electron chi connectivity index (χ1n) is 5.00. The number of pyridine rings is 1. The Bertz CT molecular complexity index is 566. The number of hydrogen-bond donors (Lipinski definition) is 0. The Morgan fingerprint density at radius 3 is 2.65 bits per heavy atom. The Morgan fingerprint density at radius 2 is 2.06 bits per heavy atom. The van der Waals surface area contributed by atoms with Crippen molar-refractivity contribution < 1.29 is 9.18 Å². The lowest BCUT2D eigenvalue weighted by Crippen LogP contribution is -2.06. The molecule has 0 atom stereocenters. The van der Waals surface area contributed by atoms with Gasteiger partial charge in [0.15, 0.2) is 0 Å². The number of aromatic nitrogens is 1. The van der Waals surface area contributed by atoms with Crippen molar-refractivity contribution in [3.8, 4) is 0 Å². The van der Waals surface area contributed by atoms with Crippen LogP contribution in [0, 0.1) is 12.7 Å². The summed E-state index contributed by atoms with van der Waals surface area (Å²) < 4.78 is 13.7. The second kappa shape index (κ2) is 4.75. The van der Waals surface area contributed by atoms with Crippen LogP contribution in [0.2, 0.25) is 0 Å². The molecule has 0 spiro atoms. The number of ketones is 1.